The van der Waals surface area contributed by atoms with Crippen LogP contribution >= 0.6 is 39.1 Å². The van der Waals surface area contributed by atoms with E-state index in [0.717, 1.165) is 17.3 Å². The van der Waals surface area contributed by atoms with Gasteiger partial charge in [-0.3, -0.25) is 4.79 Å². The molecule has 94 valence electrons. The van der Waals surface area contributed by atoms with Crippen molar-refractivity contribution in [2.24, 2.45) is 0 Å². The lowest BCUT2D eigenvalue weighted by Crippen LogP contribution is -2.34. The van der Waals surface area contributed by atoms with Crippen molar-refractivity contribution in [3.8, 4) is 0 Å². The summed E-state index contributed by atoms with van der Waals surface area (Å²) in [7, 11) is 0. The summed E-state index contributed by atoms with van der Waals surface area (Å²) in [5.41, 5.74) is 0.592. The summed E-state index contributed by atoms with van der Waals surface area (Å²) in [6, 6.07) is 5.23. The Morgan fingerprint density at radius 1 is 1.53 bits per heavy atom. The van der Waals surface area contributed by atoms with Crippen molar-refractivity contribution < 1.29 is 4.79 Å². The van der Waals surface area contributed by atoms with E-state index in [2.05, 4.69) is 21.2 Å². The second-order valence-electron chi connectivity index (χ2n) is 3.69. The Kier molecular flexibility index (Phi) is 6.31. The van der Waals surface area contributed by atoms with E-state index in [1.165, 1.54) is 0 Å². The van der Waals surface area contributed by atoms with E-state index in [1.807, 2.05) is 6.92 Å². The highest BCUT2D eigenvalue weighted by Gasteiger charge is 2.12. The summed E-state index contributed by atoms with van der Waals surface area (Å²) < 4.78 is 0.720. The molecule has 0 aliphatic rings. The zero-order valence-electron chi connectivity index (χ0n) is 9.47. The average molecular weight is 339 g/mol. The van der Waals surface area contributed by atoms with Crippen molar-refractivity contribution in [1.29, 1.82) is 0 Å². The van der Waals surface area contributed by atoms with Crippen LogP contribution in [0.5, 0.6) is 0 Å². The normalized spacial score (nSPS) is 12.2. The number of halogens is 3. The Morgan fingerprint density at radius 2 is 2.24 bits per heavy atom. The van der Waals surface area contributed by atoms with Crippen LogP contribution in [-0.2, 0) is 0 Å². The van der Waals surface area contributed by atoms with Gasteiger partial charge in [-0.25, -0.2) is 0 Å². The molecule has 5 heteroatoms. The fourth-order valence-corrected chi connectivity index (χ4v) is 2.18. The molecule has 0 heterocycles. The second kappa shape index (κ2) is 7.24. The average Bonchev–Trinajstić information content (AvgIpc) is 2.31. The molecule has 1 unspecified atom stereocenters. The van der Waals surface area contributed by atoms with Crippen molar-refractivity contribution in [3.63, 3.8) is 0 Å². The minimum absolute atomic E-state index is 0.0978. The Bertz CT molecular complexity index is 398. The van der Waals surface area contributed by atoms with Crippen LogP contribution in [0.25, 0.3) is 0 Å². The molecule has 1 rings (SSSR count). The van der Waals surface area contributed by atoms with Gasteiger partial charge >= 0.3 is 0 Å². The van der Waals surface area contributed by atoms with E-state index in [0.29, 0.717) is 16.5 Å². The second-order valence-corrected chi connectivity index (χ2v) is 5.32. The molecule has 1 N–H and O–H groups in total. The Balaban J connectivity index is 2.72. The predicted octanol–water partition coefficient (Wildman–Crippen LogP) is 4.24. The highest BCUT2D eigenvalue weighted by atomic mass is 79.9. The van der Waals surface area contributed by atoms with Crippen molar-refractivity contribution in [2.75, 3.05) is 5.88 Å². The molecular formula is C12H14BrCl2NO. The van der Waals surface area contributed by atoms with Gasteiger partial charge in [-0.2, -0.15) is 0 Å². The lowest BCUT2D eigenvalue weighted by Gasteiger charge is -2.15. The first-order valence-corrected chi connectivity index (χ1v) is 7.11. The van der Waals surface area contributed by atoms with Crippen LogP contribution in [0.4, 0.5) is 0 Å². The molecule has 2 nitrogen and oxygen atoms in total. The molecular weight excluding hydrogens is 325 g/mol. The van der Waals surface area contributed by atoms with Gasteiger partial charge in [-0.05, 0) is 47.0 Å². The van der Waals surface area contributed by atoms with Crippen LogP contribution in [0.15, 0.2) is 22.7 Å². The Hall–Kier alpha value is -0.250. The van der Waals surface area contributed by atoms with Gasteiger partial charge in [-0.15, -0.1) is 11.6 Å². The van der Waals surface area contributed by atoms with Crippen molar-refractivity contribution in [1.82, 2.24) is 5.32 Å². The fourth-order valence-electron chi connectivity index (χ4n) is 1.42. The Labute approximate surface area is 120 Å². The summed E-state index contributed by atoms with van der Waals surface area (Å²) in [6.45, 7) is 2.02. The molecule has 17 heavy (non-hydrogen) atoms. The molecule has 0 aliphatic heterocycles. The van der Waals surface area contributed by atoms with E-state index in [4.69, 9.17) is 23.2 Å². The summed E-state index contributed by atoms with van der Waals surface area (Å²) >= 11 is 14.8. The van der Waals surface area contributed by atoms with Gasteiger partial charge in [0.15, 0.2) is 0 Å². The van der Waals surface area contributed by atoms with Crippen LogP contribution in [0.1, 0.15) is 30.1 Å². The monoisotopic (exact) mass is 337 g/mol. The van der Waals surface area contributed by atoms with Crippen LogP contribution in [-0.4, -0.2) is 17.8 Å². The first-order chi connectivity index (χ1) is 8.08. The maximum atomic E-state index is 11.9. The topological polar surface area (TPSA) is 29.1 Å². The number of hydrogen-bond donors (Lipinski definition) is 1. The van der Waals surface area contributed by atoms with Gasteiger partial charge in [0, 0.05) is 22.0 Å². The van der Waals surface area contributed by atoms with Gasteiger partial charge in [-0.1, -0.05) is 18.5 Å². The molecule has 0 radical (unpaired) electrons. The zero-order valence-corrected chi connectivity index (χ0v) is 12.6. The van der Waals surface area contributed by atoms with Crippen LogP contribution in [0, 0.1) is 0 Å². The van der Waals surface area contributed by atoms with Crippen molar-refractivity contribution in [3.05, 3.63) is 33.3 Å². The third-order valence-electron chi connectivity index (χ3n) is 2.47. The number of alkyl halides is 1. The molecule has 1 aromatic carbocycles. The molecule has 0 saturated carbocycles. The van der Waals surface area contributed by atoms with Gasteiger partial charge in [0.1, 0.15) is 0 Å². The molecule has 0 saturated heterocycles. The summed E-state index contributed by atoms with van der Waals surface area (Å²) in [5, 5.41) is 3.54. The summed E-state index contributed by atoms with van der Waals surface area (Å²) in [6.07, 6.45) is 1.64. The van der Waals surface area contributed by atoms with Gasteiger partial charge in [0.05, 0.1) is 5.02 Å². The number of benzene rings is 1. The lowest BCUT2D eigenvalue weighted by molar-refractivity contribution is 0.0935. The van der Waals surface area contributed by atoms with E-state index in [-0.39, 0.29) is 11.9 Å². The number of amides is 1. The highest BCUT2D eigenvalue weighted by molar-refractivity contribution is 9.10. The van der Waals surface area contributed by atoms with Crippen LogP contribution in [0.2, 0.25) is 5.02 Å². The molecule has 0 aromatic heterocycles. The largest absolute Gasteiger partial charge is 0.349 e. The van der Waals surface area contributed by atoms with E-state index in [9.17, 15) is 4.79 Å². The standard InChI is InChI=1S/C12H14BrCl2NO/c1-2-9(5-6-14)16-12(17)8-3-4-11(15)10(13)7-8/h3-4,7,9H,2,5-6H2,1H3,(H,16,17). The third-order valence-corrected chi connectivity index (χ3v) is 3.90. The number of carbonyl (C=O) groups excluding carboxylic acids is 1. The zero-order chi connectivity index (χ0) is 12.8. The minimum Gasteiger partial charge on any atom is -0.349 e. The van der Waals surface area contributed by atoms with Gasteiger partial charge in [0.2, 0.25) is 0 Å². The quantitative estimate of drug-likeness (QED) is 0.799. The van der Waals surface area contributed by atoms with E-state index in [1.54, 1.807) is 18.2 Å². The SMILES string of the molecule is CCC(CCCl)NC(=O)c1ccc(Cl)c(Br)c1. The maximum absolute atomic E-state index is 11.9. The molecule has 0 spiro atoms. The summed E-state index contributed by atoms with van der Waals surface area (Å²) in [4.78, 5) is 11.9. The summed E-state index contributed by atoms with van der Waals surface area (Å²) in [5.74, 6) is 0.447. The third kappa shape index (κ3) is 4.49. The number of carbonyl (C=O) groups is 1. The highest BCUT2D eigenvalue weighted by Crippen LogP contribution is 2.23. The maximum Gasteiger partial charge on any atom is 0.251 e. The molecule has 0 bridgehead atoms. The van der Waals surface area contributed by atoms with Crippen molar-refractivity contribution in [2.45, 2.75) is 25.8 Å². The predicted molar refractivity (Wildman–Crippen MR) is 76.0 cm³/mol. The first kappa shape index (κ1) is 14.8. The van der Waals surface area contributed by atoms with E-state index >= 15 is 0 Å². The molecule has 1 amide bonds. The molecule has 1 aromatic rings. The van der Waals surface area contributed by atoms with Crippen LogP contribution < -0.4 is 5.32 Å². The Morgan fingerprint density at radius 3 is 2.76 bits per heavy atom. The first-order valence-electron chi connectivity index (χ1n) is 5.40. The van der Waals surface area contributed by atoms with Gasteiger partial charge in [0.25, 0.3) is 5.91 Å². The smallest absolute Gasteiger partial charge is 0.251 e. The number of hydrogen-bond acceptors (Lipinski definition) is 1. The molecule has 1 atom stereocenters. The number of nitrogens with one attached hydrogen (secondary N) is 1. The molecule has 0 fully saturated rings. The number of rotatable bonds is 5. The van der Waals surface area contributed by atoms with E-state index < -0.39 is 0 Å². The fraction of sp³-hybridized carbons (Fsp3) is 0.417. The van der Waals surface area contributed by atoms with Crippen molar-refractivity contribution >= 4 is 45.0 Å². The minimum atomic E-state index is -0.0978. The van der Waals surface area contributed by atoms with Crippen LogP contribution in [0.3, 0.4) is 0 Å². The van der Waals surface area contributed by atoms with Gasteiger partial charge < -0.3 is 5.32 Å². The molecule has 0 aliphatic carbocycles. The lowest BCUT2D eigenvalue weighted by atomic mass is 10.1.